The molecule has 4 rings (SSSR count). The first-order chi connectivity index (χ1) is 10.7. The number of fused-ring (bicyclic) bond motifs is 2. The van der Waals surface area contributed by atoms with Crippen molar-refractivity contribution in [1.82, 2.24) is 15.0 Å². The number of alkyl halides is 1. The highest BCUT2D eigenvalue weighted by atomic mass is 79.9. The standard InChI is InChI=1S/C16H9BrClN3O/c17-9-4-5-12-14(6-9)20-13-3-1-2-11(15(13)21-12)16-19-10(7-18)8-22-16/h1-6,8H,7H2. The molecule has 108 valence electrons. The van der Waals surface area contributed by atoms with Crippen LogP contribution in [0.25, 0.3) is 33.5 Å². The minimum Gasteiger partial charge on any atom is -0.444 e. The predicted molar refractivity (Wildman–Crippen MR) is 89.8 cm³/mol. The SMILES string of the molecule is ClCc1coc(-c2cccc3nc4cc(Br)ccc4nc23)n1. The lowest BCUT2D eigenvalue weighted by atomic mass is 10.1. The van der Waals surface area contributed by atoms with Crippen molar-refractivity contribution < 1.29 is 4.42 Å². The van der Waals surface area contributed by atoms with Gasteiger partial charge in [0.25, 0.3) is 0 Å². The molecule has 0 N–H and O–H groups in total. The maximum Gasteiger partial charge on any atom is 0.228 e. The number of hydrogen-bond acceptors (Lipinski definition) is 4. The van der Waals surface area contributed by atoms with Gasteiger partial charge in [0.15, 0.2) is 0 Å². The van der Waals surface area contributed by atoms with Crippen molar-refractivity contribution in [1.29, 1.82) is 0 Å². The van der Waals surface area contributed by atoms with Gasteiger partial charge in [0.05, 0.1) is 33.7 Å². The van der Waals surface area contributed by atoms with Crippen LogP contribution in [0.15, 0.2) is 51.6 Å². The van der Waals surface area contributed by atoms with Crippen LogP contribution in [0.5, 0.6) is 0 Å². The van der Waals surface area contributed by atoms with Crippen LogP contribution in [-0.2, 0) is 5.88 Å². The molecule has 0 spiro atoms. The summed E-state index contributed by atoms with van der Waals surface area (Å²) in [6, 6.07) is 11.6. The Morgan fingerprint density at radius 2 is 1.91 bits per heavy atom. The average Bonchev–Trinajstić information content (AvgIpc) is 3.01. The Hall–Kier alpha value is -1.98. The number of para-hydroxylation sites is 1. The molecule has 6 heteroatoms. The van der Waals surface area contributed by atoms with Gasteiger partial charge in [0.2, 0.25) is 5.89 Å². The molecule has 0 saturated heterocycles. The Bertz CT molecular complexity index is 999. The number of rotatable bonds is 2. The molecule has 22 heavy (non-hydrogen) atoms. The van der Waals surface area contributed by atoms with Gasteiger partial charge in [0, 0.05) is 4.47 Å². The quantitative estimate of drug-likeness (QED) is 0.368. The molecule has 0 saturated carbocycles. The average molecular weight is 375 g/mol. The lowest BCUT2D eigenvalue weighted by molar-refractivity contribution is 0.574. The van der Waals surface area contributed by atoms with Crippen LogP contribution < -0.4 is 0 Å². The highest BCUT2D eigenvalue weighted by Crippen LogP contribution is 2.28. The van der Waals surface area contributed by atoms with Crippen molar-refractivity contribution in [3.05, 3.63) is 52.8 Å². The molecule has 0 bridgehead atoms. The molecule has 0 aliphatic carbocycles. The zero-order valence-corrected chi connectivity index (χ0v) is 13.6. The minimum atomic E-state index is 0.316. The minimum absolute atomic E-state index is 0.316. The van der Waals surface area contributed by atoms with E-state index < -0.39 is 0 Å². The van der Waals surface area contributed by atoms with Gasteiger partial charge in [-0.2, -0.15) is 0 Å². The fourth-order valence-electron chi connectivity index (χ4n) is 2.33. The number of halogens is 2. The number of nitrogens with zero attached hydrogens (tertiary/aromatic N) is 3. The molecule has 2 aromatic carbocycles. The first kappa shape index (κ1) is 13.7. The fraction of sp³-hybridized carbons (Fsp3) is 0.0625. The summed E-state index contributed by atoms with van der Waals surface area (Å²) in [4.78, 5) is 13.7. The molecule has 0 aliphatic rings. The van der Waals surface area contributed by atoms with Gasteiger partial charge in [-0.3, -0.25) is 0 Å². The molecular formula is C16H9BrClN3O. The van der Waals surface area contributed by atoms with Crippen LogP contribution in [0.3, 0.4) is 0 Å². The Kier molecular flexibility index (Phi) is 3.32. The summed E-state index contributed by atoms with van der Waals surface area (Å²) < 4.78 is 6.49. The van der Waals surface area contributed by atoms with E-state index >= 15 is 0 Å². The molecular weight excluding hydrogens is 366 g/mol. The fourth-order valence-corrected chi connectivity index (χ4v) is 2.81. The van der Waals surface area contributed by atoms with E-state index in [-0.39, 0.29) is 0 Å². The highest BCUT2D eigenvalue weighted by molar-refractivity contribution is 9.10. The summed E-state index contributed by atoms with van der Waals surface area (Å²) in [6.45, 7) is 0. The third kappa shape index (κ3) is 2.26. The first-order valence-electron chi connectivity index (χ1n) is 6.61. The molecule has 2 heterocycles. The van der Waals surface area contributed by atoms with E-state index in [2.05, 4.69) is 25.9 Å². The lowest BCUT2D eigenvalue weighted by Gasteiger charge is -2.04. The third-order valence-corrected chi connectivity index (χ3v) is 4.11. The zero-order valence-electron chi connectivity index (χ0n) is 11.3. The van der Waals surface area contributed by atoms with Crippen molar-refractivity contribution in [2.45, 2.75) is 5.88 Å². The molecule has 4 nitrogen and oxygen atoms in total. The van der Waals surface area contributed by atoms with Crippen LogP contribution in [0, 0.1) is 0 Å². The molecule has 0 amide bonds. The molecule has 0 aliphatic heterocycles. The van der Waals surface area contributed by atoms with Crippen LogP contribution in [-0.4, -0.2) is 15.0 Å². The predicted octanol–water partition coefficient (Wildman–Crippen LogP) is 4.94. The van der Waals surface area contributed by atoms with Gasteiger partial charge in [-0.1, -0.05) is 22.0 Å². The second-order valence-corrected chi connectivity index (χ2v) is 5.99. The highest BCUT2D eigenvalue weighted by Gasteiger charge is 2.13. The lowest BCUT2D eigenvalue weighted by Crippen LogP contribution is -1.91. The monoisotopic (exact) mass is 373 g/mol. The van der Waals surface area contributed by atoms with E-state index in [1.807, 2.05) is 36.4 Å². The number of aromatic nitrogens is 3. The third-order valence-electron chi connectivity index (χ3n) is 3.34. The second-order valence-electron chi connectivity index (χ2n) is 4.81. The van der Waals surface area contributed by atoms with Crippen molar-refractivity contribution in [3.8, 4) is 11.5 Å². The van der Waals surface area contributed by atoms with E-state index in [4.69, 9.17) is 21.0 Å². The van der Waals surface area contributed by atoms with E-state index in [9.17, 15) is 0 Å². The van der Waals surface area contributed by atoms with Gasteiger partial charge < -0.3 is 4.42 Å². The number of oxazole rings is 1. The van der Waals surface area contributed by atoms with Crippen LogP contribution in [0.1, 0.15) is 5.69 Å². The topological polar surface area (TPSA) is 51.8 Å². The maximum absolute atomic E-state index is 5.78. The van der Waals surface area contributed by atoms with Crippen LogP contribution in [0.4, 0.5) is 0 Å². The van der Waals surface area contributed by atoms with Gasteiger partial charge in [-0.25, -0.2) is 15.0 Å². The molecule has 0 atom stereocenters. The Labute approximate surface area is 139 Å². The molecule has 4 aromatic rings. The van der Waals surface area contributed by atoms with Crippen molar-refractivity contribution in [2.75, 3.05) is 0 Å². The first-order valence-corrected chi connectivity index (χ1v) is 7.94. The largest absolute Gasteiger partial charge is 0.444 e. The molecule has 0 radical (unpaired) electrons. The molecule has 0 fully saturated rings. The maximum atomic E-state index is 5.78. The summed E-state index contributed by atoms with van der Waals surface area (Å²) in [7, 11) is 0. The van der Waals surface area contributed by atoms with Gasteiger partial charge in [-0.05, 0) is 30.3 Å². The Morgan fingerprint density at radius 1 is 1.00 bits per heavy atom. The van der Waals surface area contributed by atoms with Crippen molar-refractivity contribution in [3.63, 3.8) is 0 Å². The summed E-state index contributed by atoms with van der Waals surface area (Å²) in [5.41, 5.74) is 4.74. The summed E-state index contributed by atoms with van der Waals surface area (Å²) in [5, 5.41) is 0. The van der Waals surface area contributed by atoms with Gasteiger partial charge >= 0.3 is 0 Å². The summed E-state index contributed by atoms with van der Waals surface area (Å²) in [5.74, 6) is 0.823. The van der Waals surface area contributed by atoms with E-state index in [0.29, 0.717) is 17.5 Å². The Balaban J connectivity index is 2.00. The van der Waals surface area contributed by atoms with E-state index in [1.165, 1.54) is 0 Å². The van der Waals surface area contributed by atoms with E-state index in [1.54, 1.807) is 6.26 Å². The van der Waals surface area contributed by atoms with Crippen molar-refractivity contribution >= 4 is 49.6 Å². The number of benzene rings is 2. The molecule has 0 unspecified atom stereocenters. The molecule has 2 aromatic heterocycles. The summed E-state index contributed by atoms with van der Waals surface area (Å²) in [6.07, 6.45) is 1.56. The van der Waals surface area contributed by atoms with E-state index in [0.717, 1.165) is 32.1 Å². The smallest absolute Gasteiger partial charge is 0.228 e. The zero-order chi connectivity index (χ0) is 15.1. The van der Waals surface area contributed by atoms with Crippen LogP contribution in [0.2, 0.25) is 0 Å². The Morgan fingerprint density at radius 3 is 2.73 bits per heavy atom. The number of hydrogen-bond donors (Lipinski definition) is 0. The van der Waals surface area contributed by atoms with Gasteiger partial charge in [-0.15, -0.1) is 11.6 Å². The summed E-state index contributed by atoms with van der Waals surface area (Å²) >= 11 is 9.24. The second kappa shape index (κ2) is 5.34. The van der Waals surface area contributed by atoms with Crippen LogP contribution >= 0.6 is 27.5 Å². The normalized spacial score (nSPS) is 11.4. The van der Waals surface area contributed by atoms with Crippen molar-refractivity contribution in [2.24, 2.45) is 0 Å². The van der Waals surface area contributed by atoms with Gasteiger partial charge in [0.1, 0.15) is 11.8 Å².